The number of hydrogen-bond donors (Lipinski definition) is 2. The summed E-state index contributed by atoms with van der Waals surface area (Å²) in [5.41, 5.74) is 2.36. The zero-order valence-electron chi connectivity index (χ0n) is 15.2. The first-order chi connectivity index (χ1) is 14.0. The monoisotopic (exact) mass is 427 g/mol. The number of ether oxygens (including phenoxy) is 1. The standard InChI is InChI=1S/C21H15Cl2N3O3/c1-29-17-9-12(5-6-16(17)27)19-21(26-7-3-2-4-18(26)25-19)24-11-13-8-14(22)10-15(23)20(13)28/h2-11,27-28H,1H3/b24-11+. The summed E-state index contributed by atoms with van der Waals surface area (Å²) in [7, 11) is 1.48. The maximum Gasteiger partial charge on any atom is 0.165 e. The number of pyridine rings is 1. The van der Waals surface area contributed by atoms with E-state index in [0.29, 0.717) is 39.1 Å². The van der Waals surface area contributed by atoms with Crippen LogP contribution in [0.4, 0.5) is 5.82 Å². The van der Waals surface area contributed by atoms with Crippen molar-refractivity contribution in [2.24, 2.45) is 4.99 Å². The van der Waals surface area contributed by atoms with Gasteiger partial charge in [-0.05, 0) is 42.5 Å². The van der Waals surface area contributed by atoms with E-state index in [4.69, 9.17) is 27.9 Å². The number of rotatable bonds is 4. The fourth-order valence-corrected chi connectivity index (χ4v) is 3.45. The third-order valence-electron chi connectivity index (χ3n) is 4.34. The average molecular weight is 428 g/mol. The van der Waals surface area contributed by atoms with Crippen LogP contribution in [0.3, 0.4) is 0 Å². The Morgan fingerprint density at radius 3 is 2.72 bits per heavy atom. The second kappa shape index (κ2) is 7.66. The number of halogens is 2. The molecule has 0 aliphatic heterocycles. The minimum absolute atomic E-state index is 0.0311. The lowest BCUT2D eigenvalue weighted by molar-refractivity contribution is 0.373. The smallest absolute Gasteiger partial charge is 0.165 e. The zero-order chi connectivity index (χ0) is 20.5. The van der Waals surface area contributed by atoms with Crippen molar-refractivity contribution in [2.45, 2.75) is 0 Å². The van der Waals surface area contributed by atoms with Crippen LogP contribution in [0.1, 0.15) is 5.56 Å². The van der Waals surface area contributed by atoms with E-state index in [1.165, 1.54) is 25.5 Å². The number of phenolic OH excluding ortho intramolecular Hbond substituents is 2. The van der Waals surface area contributed by atoms with Gasteiger partial charge >= 0.3 is 0 Å². The van der Waals surface area contributed by atoms with Crippen molar-refractivity contribution in [3.63, 3.8) is 0 Å². The molecule has 0 radical (unpaired) electrons. The predicted molar refractivity (Wildman–Crippen MR) is 114 cm³/mol. The summed E-state index contributed by atoms with van der Waals surface area (Å²) in [4.78, 5) is 9.21. The first-order valence-corrected chi connectivity index (χ1v) is 9.30. The molecule has 0 spiro atoms. The van der Waals surface area contributed by atoms with Gasteiger partial charge in [0.2, 0.25) is 0 Å². The summed E-state index contributed by atoms with van der Waals surface area (Å²) in [6.07, 6.45) is 3.31. The number of aromatic hydroxyl groups is 2. The molecule has 146 valence electrons. The SMILES string of the molecule is COc1cc(-c2nc3ccccn3c2/N=C/c2cc(Cl)cc(Cl)c2O)ccc1O. The van der Waals surface area contributed by atoms with E-state index in [-0.39, 0.29) is 16.5 Å². The molecule has 0 aliphatic carbocycles. The molecule has 0 saturated heterocycles. The first-order valence-electron chi connectivity index (χ1n) is 8.54. The molecule has 8 heteroatoms. The molecular weight excluding hydrogens is 413 g/mol. The zero-order valence-corrected chi connectivity index (χ0v) is 16.7. The van der Waals surface area contributed by atoms with Crippen LogP contribution in [0, 0.1) is 0 Å². The van der Waals surface area contributed by atoms with Crippen molar-refractivity contribution in [1.29, 1.82) is 0 Å². The number of benzene rings is 2. The van der Waals surface area contributed by atoms with Crippen molar-refractivity contribution in [3.05, 3.63) is 70.3 Å². The van der Waals surface area contributed by atoms with Crippen molar-refractivity contribution >= 4 is 40.9 Å². The quantitative estimate of drug-likeness (QED) is 0.422. The number of aromatic nitrogens is 2. The lowest BCUT2D eigenvalue weighted by Crippen LogP contribution is -1.88. The van der Waals surface area contributed by atoms with Gasteiger partial charge in [0.15, 0.2) is 17.3 Å². The minimum atomic E-state index is -0.110. The second-order valence-corrected chi connectivity index (χ2v) is 7.03. The van der Waals surface area contributed by atoms with Gasteiger partial charge in [0.1, 0.15) is 17.1 Å². The Kier molecular flexibility index (Phi) is 5.05. The molecule has 0 fully saturated rings. The van der Waals surface area contributed by atoms with Crippen LogP contribution in [-0.4, -0.2) is 32.9 Å². The number of aliphatic imine (C=N–C) groups is 1. The Morgan fingerprint density at radius 1 is 1.10 bits per heavy atom. The molecule has 4 rings (SSSR count). The summed E-state index contributed by atoms with van der Waals surface area (Å²) < 4.78 is 7.02. The van der Waals surface area contributed by atoms with Crippen LogP contribution >= 0.6 is 23.2 Å². The molecule has 29 heavy (non-hydrogen) atoms. The van der Waals surface area contributed by atoms with Crippen LogP contribution in [0.25, 0.3) is 16.9 Å². The summed E-state index contributed by atoms with van der Waals surface area (Å²) >= 11 is 12.0. The Morgan fingerprint density at radius 2 is 1.93 bits per heavy atom. The molecule has 0 atom stereocenters. The normalized spacial score (nSPS) is 11.4. The van der Waals surface area contributed by atoms with E-state index in [1.54, 1.807) is 18.2 Å². The van der Waals surface area contributed by atoms with Gasteiger partial charge in [0, 0.05) is 28.6 Å². The van der Waals surface area contributed by atoms with Crippen LogP contribution < -0.4 is 4.74 Å². The molecule has 2 aromatic carbocycles. The molecular formula is C21H15Cl2N3O3. The van der Waals surface area contributed by atoms with E-state index in [9.17, 15) is 10.2 Å². The number of fused-ring (bicyclic) bond motifs is 1. The maximum atomic E-state index is 10.2. The van der Waals surface area contributed by atoms with Gasteiger partial charge in [-0.1, -0.05) is 29.3 Å². The van der Waals surface area contributed by atoms with Crippen molar-refractivity contribution in [2.75, 3.05) is 7.11 Å². The molecule has 0 bridgehead atoms. The maximum absolute atomic E-state index is 10.2. The molecule has 0 unspecified atom stereocenters. The van der Waals surface area contributed by atoms with Crippen LogP contribution in [0.15, 0.2) is 59.7 Å². The molecule has 4 aromatic rings. The molecule has 0 aliphatic rings. The molecule has 2 aromatic heterocycles. The van der Waals surface area contributed by atoms with E-state index < -0.39 is 0 Å². The molecule has 0 saturated carbocycles. The number of nitrogens with zero attached hydrogens (tertiary/aromatic N) is 3. The molecule has 2 heterocycles. The summed E-state index contributed by atoms with van der Waals surface area (Å²) in [6, 6.07) is 13.6. The summed E-state index contributed by atoms with van der Waals surface area (Å²) in [6.45, 7) is 0. The third kappa shape index (κ3) is 3.60. The Labute approximate surface area is 176 Å². The lowest BCUT2D eigenvalue weighted by atomic mass is 10.1. The van der Waals surface area contributed by atoms with Gasteiger partial charge in [-0.15, -0.1) is 0 Å². The molecule has 6 nitrogen and oxygen atoms in total. The van der Waals surface area contributed by atoms with E-state index in [0.717, 1.165) is 0 Å². The summed E-state index contributed by atoms with van der Waals surface area (Å²) in [5.74, 6) is 0.780. The van der Waals surface area contributed by atoms with Crippen molar-refractivity contribution in [1.82, 2.24) is 9.38 Å². The molecule has 2 N–H and O–H groups in total. The Bertz CT molecular complexity index is 1250. The van der Waals surface area contributed by atoms with Crippen molar-refractivity contribution < 1.29 is 14.9 Å². The minimum Gasteiger partial charge on any atom is -0.506 e. The third-order valence-corrected chi connectivity index (χ3v) is 4.85. The van der Waals surface area contributed by atoms with E-state index in [1.807, 2.05) is 28.8 Å². The van der Waals surface area contributed by atoms with E-state index in [2.05, 4.69) is 9.98 Å². The van der Waals surface area contributed by atoms with Crippen LogP contribution in [-0.2, 0) is 0 Å². The van der Waals surface area contributed by atoms with Crippen LogP contribution in [0.2, 0.25) is 10.0 Å². The van der Waals surface area contributed by atoms with Gasteiger partial charge in [-0.3, -0.25) is 4.40 Å². The van der Waals surface area contributed by atoms with Gasteiger partial charge in [-0.2, -0.15) is 0 Å². The van der Waals surface area contributed by atoms with Crippen LogP contribution in [0.5, 0.6) is 17.2 Å². The first kappa shape index (κ1) is 19.1. The Balaban J connectivity index is 1.89. The van der Waals surface area contributed by atoms with Gasteiger partial charge in [0.25, 0.3) is 0 Å². The summed E-state index contributed by atoms with van der Waals surface area (Å²) in [5, 5.41) is 20.6. The number of imidazole rings is 1. The highest BCUT2D eigenvalue weighted by Crippen LogP contribution is 2.36. The fourth-order valence-electron chi connectivity index (χ4n) is 2.94. The van der Waals surface area contributed by atoms with Crippen molar-refractivity contribution in [3.8, 4) is 28.5 Å². The van der Waals surface area contributed by atoms with Gasteiger partial charge < -0.3 is 14.9 Å². The molecule has 0 amide bonds. The van der Waals surface area contributed by atoms with Gasteiger partial charge in [0.05, 0.1) is 12.1 Å². The largest absolute Gasteiger partial charge is 0.506 e. The highest BCUT2D eigenvalue weighted by Gasteiger charge is 2.15. The average Bonchev–Trinajstić information content (AvgIpc) is 3.08. The highest BCUT2D eigenvalue weighted by molar-refractivity contribution is 6.36. The number of methoxy groups -OCH3 is 1. The Hall–Kier alpha value is -3.22. The lowest BCUT2D eigenvalue weighted by Gasteiger charge is -2.06. The van der Waals surface area contributed by atoms with E-state index >= 15 is 0 Å². The number of hydrogen-bond acceptors (Lipinski definition) is 5. The topological polar surface area (TPSA) is 79.4 Å². The fraction of sp³-hybridized carbons (Fsp3) is 0.0476. The number of phenols is 2. The van der Waals surface area contributed by atoms with Gasteiger partial charge in [-0.25, -0.2) is 9.98 Å². The highest BCUT2D eigenvalue weighted by atomic mass is 35.5. The second-order valence-electron chi connectivity index (χ2n) is 6.18. The predicted octanol–water partition coefficient (Wildman–Crippen LogP) is 5.48.